The Labute approximate surface area is 122 Å². The number of hydrogen-bond acceptors (Lipinski definition) is 2. The molecule has 0 amide bonds. The molecule has 2 aromatic rings. The van der Waals surface area contributed by atoms with Crippen LogP contribution in [0, 0.1) is 13.8 Å². The van der Waals surface area contributed by atoms with E-state index in [-0.39, 0.29) is 0 Å². The molecule has 20 heavy (non-hydrogen) atoms. The smallest absolute Gasteiger partial charge is 0.0314 e. The van der Waals surface area contributed by atoms with E-state index in [0.29, 0.717) is 0 Å². The molecule has 0 radical (unpaired) electrons. The molecule has 2 nitrogen and oxygen atoms in total. The summed E-state index contributed by atoms with van der Waals surface area (Å²) in [5.74, 6) is 0. The molecule has 1 aliphatic carbocycles. The zero-order valence-electron chi connectivity index (χ0n) is 12.6. The van der Waals surface area contributed by atoms with Crippen LogP contribution in [-0.2, 0) is 0 Å². The fraction of sp³-hybridized carbons (Fsp3) is 0.333. The van der Waals surface area contributed by atoms with E-state index in [1.165, 1.54) is 36.8 Å². The van der Waals surface area contributed by atoms with Crippen LogP contribution in [0.15, 0.2) is 48.5 Å². The Kier molecular flexibility index (Phi) is 7.26. The molecule has 2 aromatic carbocycles. The molecule has 1 aliphatic rings. The van der Waals surface area contributed by atoms with E-state index in [2.05, 4.69) is 0 Å². The van der Waals surface area contributed by atoms with Crippen LogP contribution >= 0.6 is 0 Å². The average molecular weight is 270 g/mol. The lowest BCUT2D eigenvalue weighted by Gasteiger charge is -2.05. The first-order chi connectivity index (χ1) is 9.58. The minimum absolute atomic E-state index is 0.829. The molecule has 0 unspecified atom stereocenters. The molecule has 4 N–H and O–H groups in total. The van der Waals surface area contributed by atoms with E-state index >= 15 is 0 Å². The first kappa shape index (κ1) is 16.1. The zero-order chi connectivity index (χ0) is 14.8. The van der Waals surface area contributed by atoms with Crippen molar-refractivity contribution in [2.45, 2.75) is 39.5 Å². The highest BCUT2D eigenvalue weighted by molar-refractivity contribution is 5.39. The SMILES string of the molecule is C1CCC1.Cc1ccc(N)cc1.Cc1ccc(N)cc1. The molecule has 0 aromatic heterocycles. The summed E-state index contributed by atoms with van der Waals surface area (Å²) in [5, 5.41) is 0. The van der Waals surface area contributed by atoms with Crippen LogP contribution in [0.1, 0.15) is 36.8 Å². The van der Waals surface area contributed by atoms with Gasteiger partial charge in [-0.05, 0) is 38.1 Å². The minimum Gasteiger partial charge on any atom is -0.399 e. The first-order valence-electron chi connectivity index (χ1n) is 7.22. The van der Waals surface area contributed by atoms with E-state index in [4.69, 9.17) is 11.5 Å². The van der Waals surface area contributed by atoms with Crippen LogP contribution in [-0.4, -0.2) is 0 Å². The summed E-state index contributed by atoms with van der Waals surface area (Å²) in [6.45, 7) is 4.08. The summed E-state index contributed by atoms with van der Waals surface area (Å²) in [6.07, 6.45) is 6.00. The monoisotopic (exact) mass is 270 g/mol. The highest BCUT2D eigenvalue weighted by Gasteiger charge is 1.95. The second-order valence-corrected chi connectivity index (χ2v) is 5.24. The van der Waals surface area contributed by atoms with Gasteiger partial charge in [0.15, 0.2) is 0 Å². The van der Waals surface area contributed by atoms with Crippen molar-refractivity contribution in [2.24, 2.45) is 0 Å². The molecule has 1 fully saturated rings. The summed E-state index contributed by atoms with van der Waals surface area (Å²) in [5.41, 5.74) is 15.0. The number of rotatable bonds is 0. The molecule has 0 saturated heterocycles. The van der Waals surface area contributed by atoms with Crippen LogP contribution in [0.2, 0.25) is 0 Å². The lowest BCUT2D eigenvalue weighted by Crippen LogP contribution is -1.85. The van der Waals surface area contributed by atoms with E-state index in [1.54, 1.807) is 0 Å². The standard InChI is InChI=1S/2C7H9N.C4H8/c2*1-6-2-4-7(8)5-3-6;1-2-4-3-1/h2*2-5H,8H2,1H3;1-4H2. The molecule has 0 bridgehead atoms. The van der Waals surface area contributed by atoms with Crippen molar-refractivity contribution in [1.82, 2.24) is 0 Å². The molecular weight excluding hydrogens is 244 g/mol. The van der Waals surface area contributed by atoms with Crippen molar-refractivity contribution in [2.75, 3.05) is 11.5 Å². The molecule has 3 rings (SSSR count). The zero-order valence-corrected chi connectivity index (χ0v) is 12.6. The van der Waals surface area contributed by atoms with Crippen LogP contribution in [0.5, 0.6) is 0 Å². The Bertz CT molecular complexity index is 378. The van der Waals surface area contributed by atoms with Gasteiger partial charge in [0.1, 0.15) is 0 Å². The maximum atomic E-state index is 5.43. The quantitative estimate of drug-likeness (QED) is 0.681. The predicted octanol–water partition coefficient (Wildman–Crippen LogP) is 4.71. The second kappa shape index (κ2) is 9.03. The van der Waals surface area contributed by atoms with Gasteiger partial charge >= 0.3 is 0 Å². The van der Waals surface area contributed by atoms with Gasteiger partial charge in [0.25, 0.3) is 0 Å². The maximum absolute atomic E-state index is 5.43. The van der Waals surface area contributed by atoms with Gasteiger partial charge in [-0.15, -0.1) is 0 Å². The van der Waals surface area contributed by atoms with E-state index in [0.717, 1.165) is 11.4 Å². The van der Waals surface area contributed by atoms with Gasteiger partial charge in [0.05, 0.1) is 0 Å². The summed E-state index contributed by atoms with van der Waals surface area (Å²) in [4.78, 5) is 0. The fourth-order valence-electron chi connectivity index (χ4n) is 1.38. The van der Waals surface area contributed by atoms with Crippen molar-refractivity contribution < 1.29 is 0 Å². The lowest BCUT2D eigenvalue weighted by atomic mass is 10.0. The van der Waals surface area contributed by atoms with E-state index in [9.17, 15) is 0 Å². The largest absolute Gasteiger partial charge is 0.399 e. The Hall–Kier alpha value is -1.96. The van der Waals surface area contributed by atoms with Gasteiger partial charge in [-0.1, -0.05) is 61.1 Å². The van der Waals surface area contributed by atoms with Gasteiger partial charge in [-0.3, -0.25) is 0 Å². The van der Waals surface area contributed by atoms with Crippen LogP contribution in [0.3, 0.4) is 0 Å². The Morgan fingerprint density at radius 1 is 0.550 bits per heavy atom. The van der Waals surface area contributed by atoms with Gasteiger partial charge in [-0.2, -0.15) is 0 Å². The Morgan fingerprint density at radius 3 is 0.950 bits per heavy atom. The minimum atomic E-state index is 0.829. The molecule has 0 atom stereocenters. The summed E-state index contributed by atoms with van der Waals surface area (Å²) in [7, 11) is 0. The Balaban J connectivity index is 0.000000158. The van der Waals surface area contributed by atoms with Crippen molar-refractivity contribution in [3.8, 4) is 0 Å². The third-order valence-corrected chi connectivity index (χ3v) is 3.15. The number of nitrogens with two attached hydrogens (primary N) is 2. The maximum Gasteiger partial charge on any atom is 0.0314 e. The van der Waals surface area contributed by atoms with Crippen molar-refractivity contribution >= 4 is 11.4 Å². The summed E-state index contributed by atoms with van der Waals surface area (Å²) >= 11 is 0. The van der Waals surface area contributed by atoms with Crippen LogP contribution in [0.25, 0.3) is 0 Å². The molecule has 108 valence electrons. The number of aryl methyl sites for hydroxylation is 2. The summed E-state index contributed by atoms with van der Waals surface area (Å²) in [6, 6.07) is 15.6. The highest BCUT2D eigenvalue weighted by Crippen LogP contribution is 2.15. The third-order valence-electron chi connectivity index (χ3n) is 3.15. The second-order valence-electron chi connectivity index (χ2n) is 5.24. The van der Waals surface area contributed by atoms with E-state index < -0.39 is 0 Å². The van der Waals surface area contributed by atoms with Gasteiger partial charge < -0.3 is 11.5 Å². The van der Waals surface area contributed by atoms with Gasteiger partial charge in [0.2, 0.25) is 0 Å². The lowest BCUT2D eigenvalue weighted by molar-refractivity contribution is 0.504. The Morgan fingerprint density at radius 2 is 0.800 bits per heavy atom. The van der Waals surface area contributed by atoms with Crippen LogP contribution < -0.4 is 11.5 Å². The topological polar surface area (TPSA) is 52.0 Å². The molecule has 0 spiro atoms. The van der Waals surface area contributed by atoms with E-state index in [1.807, 2.05) is 62.4 Å². The highest BCUT2D eigenvalue weighted by atomic mass is 14.5. The molecule has 1 saturated carbocycles. The molecule has 0 heterocycles. The number of nitrogen functional groups attached to an aromatic ring is 2. The average Bonchev–Trinajstić information content (AvgIpc) is 2.35. The molecular formula is C18H26N2. The molecule has 0 aliphatic heterocycles. The number of anilines is 2. The first-order valence-corrected chi connectivity index (χ1v) is 7.22. The van der Waals surface area contributed by atoms with Crippen molar-refractivity contribution in [3.63, 3.8) is 0 Å². The third kappa shape index (κ3) is 7.47. The van der Waals surface area contributed by atoms with Crippen molar-refractivity contribution in [1.29, 1.82) is 0 Å². The van der Waals surface area contributed by atoms with Gasteiger partial charge in [0, 0.05) is 11.4 Å². The molecule has 2 heteroatoms. The predicted molar refractivity (Wildman–Crippen MR) is 89.7 cm³/mol. The fourth-order valence-corrected chi connectivity index (χ4v) is 1.38. The van der Waals surface area contributed by atoms with Crippen molar-refractivity contribution in [3.05, 3.63) is 59.7 Å². The summed E-state index contributed by atoms with van der Waals surface area (Å²) < 4.78 is 0. The normalized spacial score (nSPS) is 12.1. The van der Waals surface area contributed by atoms with Crippen LogP contribution in [0.4, 0.5) is 11.4 Å². The number of benzene rings is 2. The number of hydrogen-bond donors (Lipinski definition) is 2. The van der Waals surface area contributed by atoms with Gasteiger partial charge in [-0.25, -0.2) is 0 Å².